The second-order valence-electron chi connectivity index (χ2n) is 7.79. The van der Waals surface area contributed by atoms with Crippen LogP contribution in [0.3, 0.4) is 0 Å². The lowest BCUT2D eigenvalue weighted by Gasteiger charge is -2.51. The van der Waals surface area contributed by atoms with Gasteiger partial charge in [-0.3, -0.25) is 14.5 Å². The molecule has 4 nitrogen and oxygen atoms in total. The molecule has 0 spiro atoms. The molecule has 2 amide bonds. The highest BCUT2D eigenvalue weighted by molar-refractivity contribution is 6.33. The number of aliphatic hydroxyl groups is 1. The normalized spacial score (nSPS) is 30.6. The van der Waals surface area contributed by atoms with Gasteiger partial charge in [-0.25, -0.2) is 0 Å². The molecule has 2 atom stereocenters. The maximum atomic E-state index is 13.3. The zero-order valence-corrected chi connectivity index (χ0v) is 16.3. The lowest BCUT2D eigenvalue weighted by Crippen LogP contribution is -2.53. The van der Waals surface area contributed by atoms with Crippen molar-refractivity contribution in [2.24, 2.45) is 11.8 Å². The molecule has 27 heavy (non-hydrogen) atoms. The van der Waals surface area contributed by atoms with Crippen molar-refractivity contribution < 1.29 is 14.7 Å². The molecule has 1 aliphatic heterocycles. The van der Waals surface area contributed by atoms with E-state index in [1.807, 2.05) is 0 Å². The van der Waals surface area contributed by atoms with E-state index in [0.29, 0.717) is 32.3 Å². The molecule has 2 unspecified atom stereocenters. The number of hydrogen-bond acceptors (Lipinski definition) is 3. The Balaban J connectivity index is 1.90. The molecule has 2 bridgehead atoms. The van der Waals surface area contributed by atoms with Gasteiger partial charge in [-0.1, -0.05) is 47.5 Å². The molecule has 1 fully saturated rings. The Morgan fingerprint density at radius 1 is 0.963 bits per heavy atom. The van der Waals surface area contributed by atoms with Gasteiger partial charge in [0, 0.05) is 22.0 Å². The van der Waals surface area contributed by atoms with Crippen molar-refractivity contribution in [2.75, 3.05) is 0 Å². The fourth-order valence-electron chi connectivity index (χ4n) is 5.35. The fourth-order valence-corrected chi connectivity index (χ4v) is 5.94. The van der Waals surface area contributed by atoms with Crippen LogP contribution in [0.5, 0.6) is 0 Å². The van der Waals surface area contributed by atoms with Crippen molar-refractivity contribution in [1.29, 1.82) is 0 Å². The van der Waals surface area contributed by atoms with E-state index < -0.39 is 23.4 Å². The molecule has 0 aromatic heterocycles. The van der Waals surface area contributed by atoms with Gasteiger partial charge in [0.25, 0.3) is 0 Å². The summed E-state index contributed by atoms with van der Waals surface area (Å²) in [6, 6.07) is 10.3. The van der Waals surface area contributed by atoms with Crippen LogP contribution in [-0.4, -0.2) is 27.9 Å². The van der Waals surface area contributed by atoms with Gasteiger partial charge in [0.1, 0.15) is 5.60 Å². The van der Waals surface area contributed by atoms with Crippen LogP contribution in [0.15, 0.2) is 36.4 Å². The number of carbonyl (C=O) groups excluding carboxylic acids is 2. The van der Waals surface area contributed by atoms with Crippen LogP contribution in [0.1, 0.15) is 42.0 Å². The van der Waals surface area contributed by atoms with Crippen molar-refractivity contribution in [1.82, 2.24) is 4.90 Å². The Hall–Kier alpha value is -1.88. The average Bonchev–Trinajstić information content (AvgIpc) is 2.89. The molecule has 0 radical (unpaired) electrons. The smallest absolute Gasteiger partial charge is 0.237 e. The molecule has 1 N–H and O–H groups in total. The highest BCUT2D eigenvalue weighted by Crippen LogP contribution is 2.65. The van der Waals surface area contributed by atoms with E-state index in [-0.39, 0.29) is 17.9 Å². The van der Waals surface area contributed by atoms with Crippen molar-refractivity contribution in [2.45, 2.75) is 31.4 Å². The van der Waals surface area contributed by atoms with Crippen molar-refractivity contribution in [3.8, 4) is 0 Å². The number of nitrogens with zero attached hydrogens (tertiary/aromatic N) is 1. The lowest BCUT2D eigenvalue weighted by atomic mass is 9.52. The van der Waals surface area contributed by atoms with Crippen molar-refractivity contribution >= 4 is 35.0 Å². The minimum atomic E-state index is -1.63. The SMILES string of the molecule is CC(C)N1C(=O)C2C3c4c(Cl)cccc4C(O)(c4cccc(Cl)c43)C2C1=O. The Morgan fingerprint density at radius 2 is 1.48 bits per heavy atom. The second-order valence-corrected chi connectivity index (χ2v) is 8.60. The van der Waals surface area contributed by atoms with E-state index in [9.17, 15) is 14.7 Å². The predicted molar refractivity (Wildman–Crippen MR) is 102 cm³/mol. The molecule has 3 aliphatic carbocycles. The molecule has 138 valence electrons. The first kappa shape index (κ1) is 17.2. The number of imide groups is 1. The topological polar surface area (TPSA) is 57.6 Å². The number of benzene rings is 2. The number of carbonyl (C=O) groups is 2. The van der Waals surface area contributed by atoms with Crippen LogP contribution in [0.4, 0.5) is 0 Å². The first-order valence-corrected chi connectivity index (χ1v) is 9.72. The van der Waals surface area contributed by atoms with Gasteiger partial charge >= 0.3 is 0 Å². The first-order chi connectivity index (χ1) is 12.8. The average molecular weight is 402 g/mol. The minimum Gasteiger partial charge on any atom is -0.379 e. The predicted octanol–water partition coefficient (Wildman–Crippen LogP) is 3.70. The zero-order valence-electron chi connectivity index (χ0n) is 14.7. The maximum absolute atomic E-state index is 13.3. The summed E-state index contributed by atoms with van der Waals surface area (Å²) in [5, 5.41) is 13.0. The summed E-state index contributed by atoms with van der Waals surface area (Å²) in [5.74, 6) is -2.61. The summed E-state index contributed by atoms with van der Waals surface area (Å²) in [7, 11) is 0. The molecule has 2 aromatic rings. The van der Waals surface area contributed by atoms with Gasteiger partial charge in [-0.05, 0) is 48.2 Å². The zero-order chi connectivity index (χ0) is 19.2. The third kappa shape index (κ3) is 1.84. The van der Waals surface area contributed by atoms with Crippen molar-refractivity contribution in [3.05, 3.63) is 68.7 Å². The maximum Gasteiger partial charge on any atom is 0.237 e. The van der Waals surface area contributed by atoms with Crippen LogP contribution in [0.2, 0.25) is 10.0 Å². The number of likely N-dealkylation sites (tertiary alicyclic amines) is 1. The quantitative estimate of drug-likeness (QED) is 0.741. The van der Waals surface area contributed by atoms with Crippen LogP contribution in [-0.2, 0) is 15.2 Å². The lowest BCUT2D eigenvalue weighted by molar-refractivity contribution is -0.143. The van der Waals surface area contributed by atoms with E-state index in [1.165, 1.54) is 4.90 Å². The molecule has 6 rings (SSSR count). The number of hydrogen-bond donors (Lipinski definition) is 1. The van der Waals surface area contributed by atoms with Gasteiger partial charge in [0.2, 0.25) is 11.8 Å². The molecule has 0 saturated carbocycles. The first-order valence-electron chi connectivity index (χ1n) is 8.97. The van der Waals surface area contributed by atoms with Crippen LogP contribution in [0, 0.1) is 11.8 Å². The van der Waals surface area contributed by atoms with E-state index in [4.69, 9.17) is 23.2 Å². The molecule has 1 saturated heterocycles. The van der Waals surface area contributed by atoms with Crippen LogP contribution in [0.25, 0.3) is 0 Å². The molecule has 2 aromatic carbocycles. The molecule has 6 heteroatoms. The van der Waals surface area contributed by atoms with Crippen molar-refractivity contribution in [3.63, 3.8) is 0 Å². The molecule has 4 aliphatic rings. The highest BCUT2D eigenvalue weighted by atomic mass is 35.5. The van der Waals surface area contributed by atoms with E-state index in [1.54, 1.807) is 50.2 Å². The Morgan fingerprint density at radius 3 is 1.96 bits per heavy atom. The van der Waals surface area contributed by atoms with Gasteiger partial charge in [0.05, 0.1) is 11.8 Å². The minimum absolute atomic E-state index is 0.264. The monoisotopic (exact) mass is 401 g/mol. The fraction of sp³-hybridized carbons (Fsp3) is 0.333. The summed E-state index contributed by atoms with van der Waals surface area (Å²) in [4.78, 5) is 27.8. The largest absolute Gasteiger partial charge is 0.379 e. The third-order valence-electron chi connectivity index (χ3n) is 6.26. The number of halogens is 2. The van der Waals surface area contributed by atoms with Crippen LogP contribution < -0.4 is 0 Å². The molecule has 1 heterocycles. The van der Waals surface area contributed by atoms with Gasteiger partial charge < -0.3 is 5.11 Å². The number of amides is 2. The Labute approximate surface area is 166 Å². The third-order valence-corrected chi connectivity index (χ3v) is 6.92. The summed E-state index contributed by atoms with van der Waals surface area (Å²) in [6.45, 7) is 3.61. The Bertz CT molecular complexity index is 979. The highest BCUT2D eigenvalue weighted by Gasteiger charge is 2.68. The standard InChI is InChI=1S/C21H17Cl2NO3/c1-9(2)24-19(25)17-16-14-10(5-3-7-12(14)22)21(27,18(17)20(24)26)11-6-4-8-13(23)15(11)16/h3-9,16-18,27H,1-2H3. The second kappa shape index (κ2) is 5.34. The summed E-state index contributed by atoms with van der Waals surface area (Å²) in [6.07, 6.45) is 0. The van der Waals surface area contributed by atoms with Gasteiger partial charge in [0.15, 0.2) is 0 Å². The van der Waals surface area contributed by atoms with E-state index in [0.717, 1.165) is 0 Å². The van der Waals surface area contributed by atoms with Gasteiger partial charge in [-0.15, -0.1) is 0 Å². The van der Waals surface area contributed by atoms with E-state index in [2.05, 4.69) is 0 Å². The van der Waals surface area contributed by atoms with E-state index >= 15 is 0 Å². The van der Waals surface area contributed by atoms with Gasteiger partial charge in [-0.2, -0.15) is 0 Å². The summed E-state index contributed by atoms with van der Waals surface area (Å²) in [5.41, 5.74) is 0.979. The summed E-state index contributed by atoms with van der Waals surface area (Å²) >= 11 is 13.1. The summed E-state index contributed by atoms with van der Waals surface area (Å²) < 4.78 is 0. The molecular formula is C21H17Cl2NO3. The molecular weight excluding hydrogens is 385 g/mol. The number of rotatable bonds is 1. The Kier molecular flexibility index (Phi) is 3.41. The van der Waals surface area contributed by atoms with Crippen LogP contribution >= 0.6 is 23.2 Å².